The highest BCUT2D eigenvalue weighted by atomic mass is 35.5. The number of nitrogens with zero attached hydrogens (tertiary/aromatic N) is 1. The molecule has 0 spiro atoms. The van der Waals surface area contributed by atoms with E-state index in [1.165, 1.54) is 0 Å². The van der Waals surface area contributed by atoms with E-state index in [2.05, 4.69) is 22.5 Å². The molecule has 0 radical (unpaired) electrons. The number of carbonyl (C=O) groups is 1. The van der Waals surface area contributed by atoms with Crippen molar-refractivity contribution in [1.82, 2.24) is 10.2 Å². The maximum atomic E-state index is 12.0. The summed E-state index contributed by atoms with van der Waals surface area (Å²) in [6.45, 7) is 5.16. The summed E-state index contributed by atoms with van der Waals surface area (Å²) in [7, 11) is 0. The minimum atomic E-state index is -0.0714. The molecule has 0 saturated carbocycles. The van der Waals surface area contributed by atoms with E-state index < -0.39 is 0 Å². The molecule has 1 amide bonds. The monoisotopic (exact) mass is 301 g/mol. The molecule has 104 valence electrons. The fourth-order valence-corrected chi connectivity index (χ4v) is 2.42. The predicted octanol–water partition coefficient (Wildman–Crippen LogP) is 2.23. The molecule has 1 heterocycles. The van der Waals surface area contributed by atoms with Gasteiger partial charge in [0.25, 0.3) is 0 Å². The Bertz CT molecular complexity index is 467. The van der Waals surface area contributed by atoms with E-state index in [-0.39, 0.29) is 5.91 Å². The number of benzene rings is 1. The summed E-state index contributed by atoms with van der Waals surface area (Å²) in [6.07, 6.45) is 0. The van der Waals surface area contributed by atoms with Crippen LogP contribution in [0.15, 0.2) is 18.2 Å². The number of hydrogen-bond donors (Lipinski definition) is 2. The first-order valence-electron chi connectivity index (χ1n) is 6.26. The van der Waals surface area contributed by atoms with E-state index in [9.17, 15) is 4.79 Å². The fraction of sp³-hybridized carbons (Fsp3) is 0.462. The van der Waals surface area contributed by atoms with Crippen LogP contribution in [-0.2, 0) is 4.79 Å². The molecule has 1 atom stereocenters. The number of amides is 1. The summed E-state index contributed by atoms with van der Waals surface area (Å²) in [5.74, 6) is -0.0714. The van der Waals surface area contributed by atoms with Gasteiger partial charge in [-0.05, 0) is 25.1 Å². The molecule has 4 nitrogen and oxygen atoms in total. The Morgan fingerprint density at radius 2 is 2.32 bits per heavy atom. The van der Waals surface area contributed by atoms with Crippen LogP contribution >= 0.6 is 23.2 Å². The number of hydrogen-bond acceptors (Lipinski definition) is 3. The summed E-state index contributed by atoms with van der Waals surface area (Å²) >= 11 is 11.9. The van der Waals surface area contributed by atoms with Crippen molar-refractivity contribution in [2.75, 3.05) is 31.5 Å². The summed E-state index contributed by atoms with van der Waals surface area (Å²) in [6, 6.07) is 5.38. The van der Waals surface area contributed by atoms with Gasteiger partial charge in [-0.15, -0.1) is 0 Å². The lowest BCUT2D eigenvalue weighted by Gasteiger charge is -2.33. The smallest absolute Gasteiger partial charge is 0.238 e. The Labute approximate surface area is 123 Å². The first-order chi connectivity index (χ1) is 9.06. The van der Waals surface area contributed by atoms with Crippen LogP contribution in [-0.4, -0.2) is 43.0 Å². The molecular weight excluding hydrogens is 285 g/mol. The molecular formula is C13H17Cl2N3O. The average Bonchev–Trinajstić information content (AvgIpc) is 2.37. The lowest BCUT2D eigenvalue weighted by Crippen LogP contribution is -2.51. The van der Waals surface area contributed by atoms with Crippen LogP contribution in [0.5, 0.6) is 0 Å². The Morgan fingerprint density at radius 3 is 3.05 bits per heavy atom. The highest BCUT2D eigenvalue weighted by molar-refractivity contribution is 6.35. The Hall–Kier alpha value is -0.810. The van der Waals surface area contributed by atoms with E-state index in [0.717, 1.165) is 19.6 Å². The third kappa shape index (κ3) is 4.08. The van der Waals surface area contributed by atoms with E-state index in [1.807, 2.05) is 0 Å². The van der Waals surface area contributed by atoms with Gasteiger partial charge in [0.1, 0.15) is 0 Å². The van der Waals surface area contributed by atoms with Crippen molar-refractivity contribution >= 4 is 34.8 Å². The van der Waals surface area contributed by atoms with Gasteiger partial charge >= 0.3 is 0 Å². The average molecular weight is 302 g/mol. The van der Waals surface area contributed by atoms with Crippen molar-refractivity contribution in [3.8, 4) is 0 Å². The summed E-state index contributed by atoms with van der Waals surface area (Å²) < 4.78 is 0. The fourth-order valence-electron chi connectivity index (χ4n) is 2.09. The summed E-state index contributed by atoms with van der Waals surface area (Å²) in [4.78, 5) is 14.2. The van der Waals surface area contributed by atoms with Gasteiger partial charge in [-0.1, -0.05) is 23.2 Å². The molecule has 1 fully saturated rings. The maximum Gasteiger partial charge on any atom is 0.238 e. The number of anilines is 1. The normalized spacial score (nSPS) is 20.3. The summed E-state index contributed by atoms with van der Waals surface area (Å²) in [5.41, 5.74) is 0.557. The molecule has 1 saturated heterocycles. The molecule has 2 rings (SSSR count). The van der Waals surface area contributed by atoms with Crippen LogP contribution in [0.1, 0.15) is 6.92 Å². The van der Waals surface area contributed by atoms with Crippen LogP contribution in [0.25, 0.3) is 0 Å². The van der Waals surface area contributed by atoms with Gasteiger partial charge in [0, 0.05) is 30.7 Å². The molecule has 1 aromatic rings. The second-order valence-corrected chi connectivity index (χ2v) is 5.54. The second-order valence-electron chi connectivity index (χ2n) is 4.70. The third-order valence-electron chi connectivity index (χ3n) is 3.19. The second kappa shape index (κ2) is 6.57. The summed E-state index contributed by atoms with van der Waals surface area (Å²) in [5, 5.41) is 7.14. The molecule has 1 aliphatic rings. The predicted molar refractivity (Wildman–Crippen MR) is 79.0 cm³/mol. The lowest BCUT2D eigenvalue weighted by molar-refractivity contribution is -0.118. The third-order valence-corrected chi connectivity index (χ3v) is 3.75. The number of halogens is 2. The van der Waals surface area contributed by atoms with Gasteiger partial charge in [-0.25, -0.2) is 0 Å². The van der Waals surface area contributed by atoms with Gasteiger partial charge in [0.15, 0.2) is 0 Å². The van der Waals surface area contributed by atoms with Crippen LogP contribution in [0.3, 0.4) is 0 Å². The van der Waals surface area contributed by atoms with Crippen molar-refractivity contribution in [3.05, 3.63) is 28.2 Å². The molecule has 6 heteroatoms. The lowest BCUT2D eigenvalue weighted by atomic mass is 10.2. The number of carbonyl (C=O) groups excluding carboxylic acids is 1. The first kappa shape index (κ1) is 14.6. The highest BCUT2D eigenvalue weighted by Crippen LogP contribution is 2.25. The van der Waals surface area contributed by atoms with Crippen molar-refractivity contribution in [2.24, 2.45) is 0 Å². The minimum Gasteiger partial charge on any atom is -0.324 e. The SMILES string of the molecule is CC1CNCCN1CC(=O)Nc1cc(Cl)ccc1Cl. The Morgan fingerprint density at radius 1 is 1.53 bits per heavy atom. The van der Waals surface area contributed by atoms with Crippen LogP contribution < -0.4 is 10.6 Å². The van der Waals surface area contributed by atoms with Gasteiger partial charge in [-0.3, -0.25) is 9.69 Å². The van der Waals surface area contributed by atoms with Crippen molar-refractivity contribution < 1.29 is 4.79 Å². The van der Waals surface area contributed by atoms with Gasteiger partial charge in [0.05, 0.1) is 17.3 Å². The largest absolute Gasteiger partial charge is 0.324 e. The van der Waals surface area contributed by atoms with E-state index >= 15 is 0 Å². The van der Waals surface area contributed by atoms with E-state index in [4.69, 9.17) is 23.2 Å². The van der Waals surface area contributed by atoms with Crippen molar-refractivity contribution in [2.45, 2.75) is 13.0 Å². The number of rotatable bonds is 3. The molecule has 1 aliphatic heterocycles. The maximum absolute atomic E-state index is 12.0. The zero-order chi connectivity index (χ0) is 13.8. The van der Waals surface area contributed by atoms with Crippen LogP contribution in [0.4, 0.5) is 5.69 Å². The molecule has 19 heavy (non-hydrogen) atoms. The van der Waals surface area contributed by atoms with Crippen LogP contribution in [0, 0.1) is 0 Å². The standard InChI is InChI=1S/C13H17Cl2N3O/c1-9-7-16-4-5-18(9)8-13(19)17-12-6-10(14)2-3-11(12)15/h2-3,6,9,16H,4-5,7-8H2,1H3,(H,17,19). The molecule has 0 aromatic heterocycles. The van der Waals surface area contributed by atoms with Crippen LogP contribution in [0.2, 0.25) is 10.0 Å². The molecule has 0 aliphatic carbocycles. The molecule has 1 aromatic carbocycles. The molecule has 1 unspecified atom stereocenters. The van der Waals surface area contributed by atoms with E-state index in [1.54, 1.807) is 18.2 Å². The molecule has 0 bridgehead atoms. The zero-order valence-electron chi connectivity index (χ0n) is 10.7. The highest BCUT2D eigenvalue weighted by Gasteiger charge is 2.20. The zero-order valence-corrected chi connectivity index (χ0v) is 12.3. The van der Waals surface area contributed by atoms with Gasteiger partial charge in [0.2, 0.25) is 5.91 Å². The van der Waals surface area contributed by atoms with Gasteiger partial charge < -0.3 is 10.6 Å². The first-order valence-corrected chi connectivity index (χ1v) is 7.01. The number of nitrogens with one attached hydrogen (secondary N) is 2. The Balaban J connectivity index is 1.95. The van der Waals surface area contributed by atoms with Gasteiger partial charge in [-0.2, -0.15) is 0 Å². The number of piperazine rings is 1. The quantitative estimate of drug-likeness (QED) is 0.900. The van der Waals surface area contributed by atoms with Crippen molar-refractivity contribution in [1.29, 1.82) is 0 Å². The molecule has 2 N–H and O–H groups in total. The van der Waals surface area contributed by atoms with Crippen molar-refractivity contribution in [3.63, 3.8) is 0 Å². The minimum absolute atomic E-state index is 0.0714. The Kier molecular flexibility index (Phi) is 5.05. The topological polar surface area (TPSA) is 44.4 Å². The van der Waals surface area contributed by atoms with E-state index in [0.29, 0.717) is 28.3 Å².